The number of amides is 2. The normalized spacial score (nSPS) is 12.4. The summed E-state index contributed by atoms with van der Waals surface area (Å²) >= 11 is 0. The maximum atomic E-state index is 12.3. The van der Waals surface area contributed by atoms with E-state index in [-0.39, 0.29) is 6.54 Å². The fourth-order valence-electron chi connectivity index (χ4n) is 2.85. The minimum atomic E-state index is -1.01. The molecule has 0 aliphatic heterocycles. The fourth-order valence-corrected chi connectivity index (χ4v) is 2.85. The number of hydrogen-bond acceptors (Lipinski definition) is 5. The molecule has 0 aliphatic rings. The van der Waals surface area contributed by atoms with Gasteiger partial charge >= 0.3 is 5.97 Å². The number of ether oxygens (including phenoxy) is 2. The predicted molar refractivity (Wildman–Crippen MR) is 119 cm³/mol. The van der Waals surface area contributed by atoms with E-state index < -0.39 is 23.9 Å². The second-order valence-corrected chi connectivity index (χ2v) is 7.16. The third kappa shape index (κ3) is 7.13. The van der Waals surface area contributed by atoms with Gasteiger partial charge in [-0.2, -0.15) is 0 Å². The van der Waals surface area contributed by atoms with Gasteiger partial charge in [-0.25, -0.2) is 0 Å². The second kappa shape index (κ2) is 11.7. The van der Waals surface area contributed by atoms with Gasteiger partial charge in [-0.1, -0.05) is 38.1 Å². The van der Waals surface area contributed by atoms with E-state index in [1.54, 1.807) is 24.3 Å². The summed E-state index contributed by atoms with van der Waals surface area (Å²) in [7, 11) is 0. The van der Waals surface area contributed by atoms with E-state index in [1.165, 1.54) is 12.5 Å². The highest BCUT2D eigenvalue weighted by Gasteiger charge is 2.19. The maximum absolute atomic E-state index is 12.3. The molecule has 0 heterocycles. The van der Waals surface area contributed by atoms with Crippen LogP contribution in [0.5, 0.6) is 5.75 Å². The summed E-state index contributed by atoms with van der Waals surface area (Å²) in [6.07, 6.45) is 0.0289. The van der Waals surface area contributed by atoms with Crippen molar-refractivity contribution in [3.05, 3.63) is 59.7 Å². The number of para-hydroxylation sites is 1. The van der Waals surface area contributed by atoms with E-state index in [4.69, 9.17) is 9.47 Å². The number of esters is 1. The molecule has 2 atom stereocenters. The van der Waals surface area contributed by atoms with Crippen LogP contribution < -0.4 is 15.4 Å². The zero-order chi connectivity index (χ0) is 22.8. The smallest absolute Gasteiger partial charge is 0.326 e. The van der Waals surface area contributed by atoms with Crippen LogP contribution in [0, 0.1) is 0 Å². The number of rotatable bonds is 10. The Hall–Kier alpha value is -3.35. The molecular weight excluding hydrogens is 396 g/mol. The first-order chi connectivity index (χ1) is 14.8. The van der Waals surface area contributed by atoms with Gasteiger partial charge in [0.15, 0.2) is 6.10 Å². The Morgan fingerprint density at radius 2 is 1.65 bits per heavy atom. The zero-order valence-corrected chi connectivity index (χ0v) is 18.4. The first-order valence-corrected chi connectivity index (χ1v) is 10.5. The number of benzene rings is 2. The van der Waals surface area contributed by atoms with Crippen molar-refractivity contribution < 1.29 is 23.9 Å². The maximum Gasteiger partial charge on any atom is 0.326 e. The van der Waals surface area contributed by atoms with Crippen molar-refractivity contribution in [2.75, 3.05) is 18.5 Å². The molecule has 0 saturated heterocycles. The lowest BCUT2D eigenvalue weighted by Gasteiger charge is -2.15. The average Bonchev–Trinajstić information content (AvgIpc) is 2.78. The first kappa shape index (κ1) is 23.9. The number of hydrogen-bond donors (Lipinski definition) is 2. The van der Waals surface area contributed by atoms with Crippen molar-refractivity contribution in [2.24, 2.45) is 0 Å². The van der Waals surface area contributed by atoms with Crippen molar-refractivity contribution in [3.63, 3.8) is 0 Å². The van der Waals surface area contributed by atoms with E-state index in [9.17, 15) is 14.4 Å². The molecule has 166 valence electrons. The minimum Gasteiger partial charge on any atom is -0.493 e. The van der Waals surface area contributed by atoms with Crippen LogP contribution in [0.2, 0.25) is 0 Å². The molecule has 2 aromatic carbocycles. The van der Waals surface area contributed by atoms with Crippen LogP contribution in [0.3, 0.4) is 0 Å². The largest absolute Gasteiger partial charge is 0.493 e. The third-order valence-corrected chi connectivity index (χ3v) is 4.86. The van der Waals surface area contributed by atoms with Gasteiger partial charge < -0.3 is 20.1 Å². The molecule has 0 aromatic heterocycles. The van der Waals surface area contributed by atoms with Gasteiger partial charge in [0, 0.05) is 5.69 Å². The molecule has 2 amide bonds. The lowest BCUT2D eigenvalue weighted by Crippen LogP contribution is -2.36. The summed E-state index contributed by atoms with van der Waals surface area (Å²) in [5, 5.41) is 5.21. The summed E-state index contributed by atoms with van der Waals surface area (Å²) in [4.78, 5) is 36.7. The molecule has 31 heavy (non-hydrogen) atoms. The first-order valence-electron chi connectivity index (χ1n) is 10.5. The van der Waals surface area contributed by atoms with Crippen molar-refractivity contribution >= 4 is 23.5 Å². The molecule has 7 nitrogen and oxygen atoms in total. The van der Waals surface area contributed by atoms with E-state index in [1.807, 2.05) is 31.2 Å². The molecular formula is C24H30N2O5. The van der Waals surface area contributed by atoms with E-state index in [0.29, 0.717) is 29.5 Å². The van der Waals surface area contributed by atoms with Crippen LogP contribution in [-0.2, 0) is 14.3 Å². The van der Waals surface area contributed by atoms with Crippen molar-refractivity contribution in [1.82, 2.24) is 5.32 Å². The summed E-state index contributed by atoms with van der Waals surface area (Å²) in [5.41, 5.74) is 2.14. The monoisotopic (exact) mass is 426 g/mol. The lowest BCUT2D eigenvalue weighted by atomic mass is 9.99. The van der Waals surface area contributed by atoms with Gasteiger partial charge in [0.25, 0.3) is 11.8 Å². The van der Waals surface area contributed by atoms with Gasteiger partial charge in [-0.05, 0) is 56.0 Å². The molecule has 0 fully saturated rings. The Morgan fingerprint density at radius 3 is 2.29 bits per heavy atom. The summed E-state index contributed by atoms with van der Waals surface area (Å²) < 4.78 is 10.5. The molecule has 0 spiro atoms. The molecule has 2 N–H and O–H groups in total. The highest BCUT2D eigenvalue weighted by Crippen LogP contribution is 2.20. The molecule has 2 unspecified atom stereocenters. The van der Waals surface area contributed by atoms with Crippen molar-refractivity contribution in [2.45, 2.75) is 46.1 Å². The van der Waals surface area contributed by atoms with E-state index >= 15 is 0 Å². The minimum absolute atomic E-state index is 0.323. The van der Waals surface area contributed by atoms with E-state index in [2.05, 4.69) is 24.5 Å². The Labute approximate surface area is 183 Å². The van der Waals surface area contributed by atoms with Crippen LogP contribution in [0.25, 0.3) is 0 Å². The van der Waals surface area contributed by atoms with Crippen LogP contribution in [0.1, 0.15) is 56.0 Å². The number of carbonyl (C=O) groups excluding carboxylic acids is 3. The van der Waals surface area contributed by atoms with Gasteiger partial charge in [0.1, 0.15) is 12.3 Å². The van der Waals surface area contributed by atoms with Crippen LogP contribution in [-0.4, -0.2) is 37.0 Å². The third-order valence-electron chi connectivity index (χ3n) is 4.86. The van der Waals surface area contributed by atoms with Crippen molar-refractivity contribution in [1.29, 1.82) is 0 Å². The van der Waals surface area contributed by atoms with Gasteiger partial charge in [-0.3, -0.25) is 14.4 Å². The fraction of sp³-hybridized carbons (Fsp3) is 0.375. The number of carbonyl (C=O) groups is 3. The van der Waals surface area contributed by atoms with Crippen LogP contribution in [0.15, 0.2) is 48.5 Å². The molecule has 2 aromatic rings. The Bertz CT molecular complexity index is 895. The molecule has 0 radical (unpaired) electrons. The Balaban J connectivity index is 1.83. The van der Waals surface area contributed by atoms with Crippen LogP contribution >= 0.6 is 0 Å². The molecule has 0 saturated carbocycles. The highest BCUT2D eigenvalue weighted by atomic mass is 16.5. The SMILES string of the molecule is CCOc1ccccc1C(=O)NCC(=O)OC(C)C(=O)Nc1ccc(C(C)CC)cc1. The van der Waals surface area contributed by atoms with Crippen LogP contribution in [0.4, 0.5) is 5.69 Å². The second-order valence-electron chi connectivity index (χ2n) is 7.16. The summed E-state index contributed by atoms with van der Waals surface area (Å²) in [6.45, 7) is 7.62. The standard InChI is InChI=1S/C24H30N2O5/c1-5-16(3)18-11-13-19(14-12-18)26-23(28)17(4)31-22(27)15-25-24(29)20-9-7-8-10-21(20)30-6-2/h7-14,16-17H,5-6,15H2,1-4H3,(H,25,29)(H,26,28). The van der Waals surface area contributed by atoms with Gasteiger partial charge in [0.2, 0.25) is 0 Å². The van der Waals surface area contributed by atoms with Gasteiger partial charge in [0.05, 0.1) is 12.2 Å². The van der Waals surface area contributed by atoms with Crippen molar-refractivity contribution in [3.8, 4) is 5.75 Å². The number of nitrogens with one attached hydrogen (secondary N) is 2. The summed E-state index contributed by atoms with van der Waals surface area (Å²) in [6, 6.07) is 14.3. The molecule has 0 aliphatic carbocycles. The lowest BCUT2D eigenvalue weighted by molar-refractivity contribution is -0.152. The predicted octanol–water partition coefficient (Wildman–Crippen LogP) is 3.90. The average molecular weight is 427 g/mol. The quantitative estimate of drug-likeness (QED) is 0.562. The Kier molecular flexibility index (Phi) is 9.06. The van der Waals surface area contributed by atoms with Gasteiger partial charge in [-0.15, -0.1) is 0 Å². The molecule has 7 heteroatoms. The topological polar surface area (TPSA) is 93.7 Å². The molecule has 0 bridgehead atoms. The zero-order valence-electron chi connectivity index (χ0n) is 18.4. The highest BCUT2D eigenvalue weighted by molar-refractivity contribution is 5.99. The molecule has 2 rings (SSSR count). The van der Waals surface area contributed by atoms with E-state index in [0.717, 1.165) is 6.42 Å². The Morgan fingerprint density at radius 1 is 0.968 bits per heavy atom. The summed E-state index contributed by atoms with van der Waals surface area (Å²) in [5.74, 6) is -0.738. The number of anilines is 1.